The van der Waals surface area contributed by atoms with Crippen molar-refractivity contribution >= 4 is 27.7 Å². The molecule has 158 valence electrons. The molecule has 0 atom stereocenters. The Morgan fingerprint density at radius 3 is 2.61 bits per heavy atom. The third-order valence-electron chi connectivity index (χ3n) is 6.07. The summed E-state index contributed by atoms with van der Waals surface area (Å²) in [5.74, 6) is -0.531. The molecule has 4 aromatic rings. The maximum absolute atomic E-state index is 14.4. The summed E-state index contributed by atoms with van der Waals surface area (Å²) in [6.07, 6.45) is 5.81. The van der Waals surface area contributed by atoms with E-state index in [1.807, 2.05) is 28.8 Å². The van der Waals surface area contributed by atoms with Crippen LogP contribution in [-0.4, -0.2) is 26.3 Å². The zero-order valence-corrected chi connectivity index (χ0v) is 17.1. The van der Waals surface area contributed by atoms with Crippen LogP contribution in [0.1, 0.15) is 31.2 Å². The van der Waals surface area contributed by atoms with Gasteiger partial charge in [0.1, 0.15) is 17.9 Å². The summed E-state index contributed by atoms with van der Waals surface area (Å²) in [6, 6.07) is 14.3. The summed E-state index contributed by atoms with van der Waals surface area (Å²) in [7, 11) is 0. The van der Waals surface area contributed by atoms with Gasteiger partial charge in [-0.15, -0.1) is 0 Å². The molecule has 1 saturated carbocycles. The third-order valence-corrected chi connectivity index (χ3v) is 6.07. The summed E-state index contributed by atoms with van der Waals surface area (Å²) < 4.78 is 17.4. The van der Waals surface area contributed by atoms with Crippen LogP contribution in [0.15, 0.2) is 59.5 Å². The minimum atomic E-state index is -0.355. The van der Waals surface area contributed by atoms with Gasteiger partial charge in [-0.3, -0.25) is 9.59 Å². The highest BCUT2D eigenvalue weighted by molar-refractivity contribution is 6.07. The Labute approximate surface area is 178 Å². The average Bonchev–Trinajstić information content (AvgIpc) is 3.38. The molecule has 0 bridgehead atoms. The number of para-hydroxylation sites is 1. The van der Waals surface area contributed by atoms with E-state index in [4.69, 9.17) is 0 Å². The Hall–Kier alpha value is -3.48. The van der Waals surface area contributed by atoms with Gasteiger partial charge < -0.3 is 9.88 Å². The smallest absolute Gasteiger partial charge is 0.291 e. The monoisotopic (exact) mass is 418 g/mol. The van der Waals surface area contributed by atoms with Crippen molar-refractivity contribution in [2.75, 3.05) is 0 Å². The number of hydrogen-bond donors (Lipinski definition) is 1. The summed E-state index contributed by atoms with van der Waals surface area (Å²) in [5, 5.41) is 8.84. The predicted molar refractivity (Wildman–Crippen MR) is 117 cm³/mol. The van der Waals surface area contributed by atoms with E-state index in [0.717, 1.165) is 36.6 Å². The lowest BCUT2D eigenvalue weighted by molar-refractivity contribution is -0.122. The van der Waals surface area contributed by atoms with Crippen molar-refractivity contribution in [3.05, 3.63) is 76.5 Å². The Bertz CT molecular complexity index is 1330. The van der Waals surface area contributed by atoms with E-state index in [1.54, 1.807) is 24.4 Å². The molecule has 0 aliphatic heterocycles. The fraction of sp³-hybridized carbons (Fsp3) is 0.292. The van der Waals surface area contributed by atoms with Gasteiger partial charge in [0.25, 0.3) is 5.56 Å². The first-order valence-electron chi connectivity index (χ1n) is 10.6. The zero-order chi connectivity index (χ0) is 21.4. The molecule has 7 heteroatoms. The highest BCUT2D eigenvalue weighted by Gasteiger charge is 2.20. The molecule has 5 rings (SSSR count). The molecule has 6 nitrogen and oxygen atoms in total. The van der Waals surface area contributed by atoms with Crippen LogP contribution in [0, 0.1) is 5.82 Å². The number of nitrogens with zero attached hydrogens (tertiary/aromatic N) is 3. The van der Waals surface area contributed by atoms with Gasteiger partial charge in [0.2, 0.25) is 5.91 Å². The van der Waals surface area contributed by atoms with Crippen molar-refractivity contribution in [2.24, 2.45) is 0 Å². The number of fused-ring (bicyclic) bond motifs is 3. The second-order valence-electron chi connectivity index (χ2n) is 8.11. The molecule has 1 aliphatic carbocycles. The number of nitrogens with one attached hydrogen (secondary N) is 1. The van der Waals surface area contributed by atoms with Gasteiger partial charge in [0.05, 0.1) is 12.7 Å². The second kappa shape index (κ2) is 7.98. The molecule has 0 unspecified atom stereocenters. The van der Waals surface area contributed by atoms with E-state index < -0.39 is 0 Å². The molecule has 1 aliphatic rings. The predicted octanol–water partition coefficient (Wildman–Crippen LogP) is 3.60. The average molecular weight is 418 g/mol. The topological polar surface area (TPSA) is 68.9 Å². The van der Waals surface area contributed by atoms with E-state index in [0.29, 0.717) is 16.5 Å². The molecule has 1 N–H and O–H groups in total. The van der Waals surface area contributed by atoms with E-state index in [9.17, 15) is 14.0 Å². The van der Waals surface area contributed by atoms with Gasteiger partial charge in [-0.05, 0) is 25.0 Å². The first-order valence-corrected chi connectivity index (χ1v) is 10.6. The number of rotatable bonds is 5. The van der Waals surface area contributed by atoms with Crippen LogP contribution in [0.5, 0.6) is 0 Å². The number of benzene rings is 2. The lowest BCUT2D eigenvalue weighted by Gasteiger charge is -2.13. The minimum absolute atomic E-state index is 0.132. The van der Waals surface area contributed by atoms with Gasteiger partial charge in [0.15, 0.2) is 0 Å². The maximum atomic E-state index is 14.4. The van der Waals surface area contributed by atoms with Crippen molar-refractivity contribution < 1.29 is 9.18 Å². The molecule has 0 saturated heterocycles. The first kappa shape index (κ1) is 19.5. The minimum Gasteiger partial charge on any atom is -0.352 e. The van der Waals surface area contributed by atoms with E-state index >= 15 is 0 Å². The number of hydrogen-bond acceptors (Lipinski definition) is 3. The van der Waals surface area contributed by atoms with Crippen molar-refractivity contribution in [3.8, 4) is 0 Å². The fourth-order valence-corrected chi connectivity index (χ4v) is 4.55. The van der Waals surface area contributed by atoms with Crippen molar-refractivity contribution in [1.82, 2.24) is 19.7 Å². The number of amides is 1. The molecular weight excluding hydrogens is 395 g/mol. The van der Waals surface area contributed by atoms with Crippen LogP contribution in [0.3, 0.4) is 0 Å². The number of aromatic nitrogens is 3. The molecule has 31 heavy (non-hydrogen) atoms. The molecule has 0 radical (unpaired) electrons. The second-order valence-corrected chi connectivity index (χ2v) is 8.11. The van der Waals surface area contributed by atoms with Gasteiger partial charge in [0, 0.05) is 27.9 Å². The molecule has 2 heterocycles. The van der Waals surface area contributed by atoms with Gasteiger partial charge in [-0.2, -0.15) is 5.10 Å². The highest BCUT2D eigenvalue weighted by Crippen LogP contribution is 2.27. The fourth-order valence-electron chi connectivity index (χ4n) is 4.55. The van der Waals surface area contributed by atoms with E-state index in [1.165, 1.54) is 10.7 Å². The molecular formula is C24H23FN4O2. The van der Waals surface area contributed by atoms with Gasteiger partial charge in [-0.25, -0.2) is 9.07 Å². The summed E-state index contributed by atoms with van der Waals surface area (Å²) in [6.45, 7) is 0.0801. The lowest BCUT2D eigenvalue weighted by Crippen LogP contribution is -2.38. The van der Waals surface area contributed by atoms with E-state index in [2.05, 4.69) is 10.4 Å². The van der Waals surface area contributed by atoms with Crippen molar-refractivity contribution in [2.45, 2.75) is 44.8 Å². The summed E-state index contributed by atoms with van der Waals surface area (Å²) in [5.41, 5.74) is 1.39. The Morgan fingerprint density at radius 1 is 1.06 bits per heavy atom. The Balaban J connectivity index is 1.59. The largest absolute Gasteiger partial charge is 0.352 e. The lowest BCUT2D eigenvalue weighted by atomic mass is 10.2. The number of carbonyl (C=O) groups is 1. The standard InChI is InChI=1S/C24H23FN4O2/c25-20-11-5-1-7-16(20)14-28-21-12-6-4-10-18(21)19-13-26-29(24(31)23(19)28)15-22(30)27-17-8-2-3-9-17/h1,4-7,10-13,17H,2-3,8-9,14-15H2,(H,27,30). The van der Waals surface area contributed by atoms with Crippen LogP contribution in [0.2, 0.25) is 0 Å². The summed E-state index contributed by atoms with van der Waals surface area (Å²) in [4.78, 5) is 25.9. The van der Waals surface area contributed by atoms with Crippen molar-refractivity contribution in [3.63, 3.8) is 0 Å². The zero-order valence-electron chi connectivity index (χ0n) is 17.1. The van der Waals surface area contributed by atoms with Crippen LogP contribution in [0.25, 0.3) is 21.8 Å². The first-order chi connectivity index (χ1) is 15.1. The highest BCUT2D eigenvalue weighted by atomic mass is 19.1. The van der Waals surface area contributed by atoms with Crippen LogP contribution in [-0.2, 0) is 17.9 Å². The quantitative estimate of drug-likeness (QED) is 0.539. The number of halogens is 1. The summed E-state index contributed by atoms with van der Waals surface area (Å²) >= 11 is 0. The molecule has 1 amide bonds. The SMILES string of the molecule is O=C(Cn1ncc2c3ccccc3n(Cc3ccccc3F)c2c1=O)NC1CCCC1. The van der Waals surface area contributed by atoms with Crippen LogP contribution < -0.4 is 10.9 Å². The number of carbonyl (C=O) groups excluding carboxylic acids is 1. The molecule has 0 spiro atoms. The third kappa shape index (κ3) is 3.60. The van der Waals surface area contributed by atoms with E-state index in [-0.39, 0.29) is 36.4 Å². The van der Waals surface area contributed by atoms with Crippen LogP contribution in [0.4, 0.5) is 4.39 Å². The van der Waals surface area contributed by atoms with Gasteiger partial charge >= 0.3 is 0 Å². The van der Waals surface area contributed by atoms with Crippen molar-refractivity contribution in [1.29, 1.82) is 0 Å². The maximum Gasteiger partial charge on any atom is 0.291 e. The Morgan fingerprint density at radius 2 is 1.81 bits per heavy atom. The Kier molecular flexibility index (Phi) is 5.02. The van der Waals surface area contributed by atoms with Crippen LogP contribution >= 0.6 is 0 Å². The normalized spacial score (nSPS) is 14.5. The molecule has 2 aromatic heterocycles. The van der Waals surface area contributed by atoms with Gasteiger partial charge in [-0.1, -0.05) is 49.2 Å². The molecule has 1 fully saturated rings. The molecule has 2 aromatic carbocycles.